The summed E-state index contributed by atoms with van der Waals surface area (Å²) in [7, 11) is 1.98. The first-order valence-corrected chi connectivity index (χ1v) is 12.0. The number of benzene rings is 4. The number of carbonyl (C=O) groups is 1. The van der Waals surface area contributed by atoms with Gasteiger partial charge < -0.3 is 4.57 Å². The molecule has 5 rings (SSSR count). The van der Waals surface area contributed by atoms with E-state index in [0.29, 0.717) is 10.4 Å². The second-order valence-corrected chi connectivity index (χ2v) is 9.19. The van der Waals surface area contributed by atoms with Crippen molar-refractivity contribution in [3.63, 3.8) is 0 Å². The van der Waals surface area contributed by atoms with Gasteiger partial charge in [-0.3, -0.25) is 4.79 Å². The van der Waals surface area contributed by atoms with Crippen LogP contribution in [-0.4, -0.2) is 10.5 Å². The third-order valence-electron chi connectivity index (χ3n) is 5.79. The first kappa shape index (κ1) is 21.8. The molecular weight excluding hydrogens is 436 g/mol. The highest BCUT2D eigenvalue weighted by Gasteiger charge is 2.16. The molecule has 166 valence electrons. The number of hydrogen-bond acceptors (Lipinski definition) is 2. The second kappa shape index (κ2) is 9.46. The predicted octanol–water partition coefficient (Wildman–Crippen LogP) is 7.14. The number of amides is 1. The first-order chi connectivity index (χ1) is 16.6. The van der Waals surface area contributed by atoms with Gasteiger partial charge in [0.1, 0.15) is 0 Å². The van der Waals surface area contributed by atoms with Crippen LogP contribution in [-0.2, 0) is 7.05 Å². The van der Waals surface area contributed by atoms with E-state index in [1.807, 2.05) is 67.1 Å². The monoisotopic (exact) mass is 460 g/mol. The molecule has 0 N–H and O–H groups in total. The van der Waals surface area contributed by atoms with Gasteiger partial charge in [-0.05, 0) is 41.3 Å². The van der Waals surface area contributed by atoms with E-state index in [1.165, 1.54) is 22.5 Å². The standard InChI is InChI=1S/C30H24N2OS/c1-21-10-9-15-26(20-21)29(33)31-30-32(2)27(28(34-30)25-13-7-4-8-14-25)24-18-16-23(17-19-24)22-11-5-3-6-12-22/h3-20H,1-2H3. The van der Waals surface area contributed by atoms with Crippen molar-refractivity contribution in [3.8, 4) is 32.8 Å². The number of aryl methyl sites for hydroxylation is 1. The maximum Gasteiger partial charge on any atom is 0.279 e. The lowest BCUT2D eigenvalue weighted by Crippen LogP contribution is -2.14. The summed E-state index contributed by atoms with van der Waals surface area (Å²) in [6.45, 7) is 1.98. The van der Waals surface area contributed by atoms with Crippen LogP contribution in [0.4, 0.5) is 0 Å². The van der Waals surface area contributed by atoms with Gasteiger partial charge >= 0.3 is 0 Å². The van der Waals surface area contributed by atoms with Crippen molar-refractivity contribution in [2.45, 2.75) is 6.92 Å². The first-order valence-electron chi connectivity index (χ1n) is 11.2. The summed E-state index contributed by atoms with van der Waals surface area (Å²) >= 11 is 1.54. The van der Waals surface area contributed by atoms with Gasteiger partial charge in [-0.1, -0.05) is 114 Å². The van der Waals surface area contributed by atoms with Crippen molar-refractivity contribution < 1.29 is 4.79 Å². The van der Waals surface area contributed by atoms with E-state index in [4.69, 9.17) is 0 Å². The van der Waals surface area contributed by atoms with Gasteiger partial charge in [-0.2, -0.15) is 4.99 Å². The number of aromatic nitrogens is 1. The number of nitrogens with zero attached hydrogens (tertiary/aromatic N) is 2. The Kier molecular flexibility index (Phi) is 6.07. The van der Waals surface area contributed by atoms with Crippen molar-refractivity contribution >= 4 is 17.2 Å². The Bertz CT molecular complexity index is 1510. The minimum atomic E-state index is -0.230. The van der Waals surface area contributed by atoms with E-state index in [2.05, 4.69) is 65.7 Å². The second-order valence-electron chi connectivity index (χ2n) is 8.22. The summed E-state index contributed by atoms with van der Waals surface area (Å²) in [6, 6.07) is 36.8. The van der Waals surface area contributed by atoms with Crippen LogP contribution in [0.2, 0.25) is 0 Å². The number of hydrogen-bond donors (Lipinski definition) is 0. The molecule has 0 spiro atoms. The van der Waals surface area contributed by atoms with Crippen LogP contribution in [0.1, 0.15) is 15.9 Å². The van der Waals surface area contributed by atoms with Crippen LogP contribution in [0.15, 0.2) is 114 Å². The van der Waals surface area contributed by atoms with Crippen LogP contribution in [0.5, 0.6) is 0 Å². The molecule has 3 nitrogen and oxygen atoms in total. The minimum absolute atomic E-state index is 0.230. The smallest absolute Gasteiger partial charge is 0.279 e. The summed E-state index contributed by atoms with van der Waals surface area (Å²) < 4.78 is 2.03. The molecule has 1 heterocycles. The Labute approximate surface area is 203 Å². The van der Waals surface area contributed by atoms with Gasteiger partial charge in [-0.15, -0.1) is 0 Å². The fraction of sp³-hybridized carbons (Fsp3) is 0.0667. The summed E-state index contributed by atoms with van der Waals surface area (Å²) in [6.07, 6.45) is 0. The molecule has 34 heavy (non-hydrogen) atoms. The lowest BCUT2D eigenvalue weighted by Gasteiger charge is -2.09. The number of carbonyl (C=O) groups excluding carboxylic acids is 1. The Morgan fingerprint density at radius 3 is 1.94 bits per heavy atom. The number of rotatable bonds is 4. The predicted molar refractivity (Wildman–Crippen MR) is 141 cm³/mol. The molecular formula is C30H24N2OS. The summed E-state index contributed by atoms with van der Waals surface area (Å²) in [5, 5.41) is 0. The quantitative estimate of drug-likeness (QED) is 0.281. The van der Waals surface area contributed by atoms with E-state index < -0.39 is 0 Å². The molecule has 0 saturated carbocycles. The SMILES string of the molecule is Cc1cccc(C(=O)N=c2sc(-c3ccccc3)c(-c3ccc(-c4ccccc4)cc3)n2C)c1. The van der Waals surface area contributed by atoms with E-state index >= 15 is 0 Å². The molecule has 0 aliphatic carbocycles. The van der Waals surface area contributed by atoms with Crippen LogP contribution in [0.25, 0.3) is 32.8 Å². The van der Waals surface area contributed by atoms with E-state index in [-0.39, 0.29) is 5.91 Å². The molecule has 0 atom stereocenters. The van der Waals surface area contributed by atoms with E-state index in [9.17, 15) is 4.79 Å². The molecule has 1 aromatic heterocycles. The molecule has 0 radical (unpaired) electrons. The van der Waals surface area contributed by atoms with Crippen LogP contribution >= 0.6 is 11.3 Å². The Morgan fingerprint density at radius 1 is 0.706 bits per heavy atom. The van der Waals surface area contributed by atoms with Crippen molar-refractivity contribution in [1.82, 2.24) is 4.57 Å². The maximum atomic E-state index is 12.9. The average Bonchev–Trinajstić information content (AvgIpc) is 3.21. The normalized spacial score (nSPS) is 11.5. The molecule has 0 unspecified atom stereocenters. The lowest BCUT2D eigenvalue weighted by molar-refractivity contribution is 0.0998. The molecule has 0 aliphatic heterocycles. The van der Waals surface area contributed by atoms with E-state index in [1.54, 1.807) is 0 Å². The molecule has 0 aliphatic rings. The van der Waals surface area contributed by atoms with Crippen LogP contribution < -0.4 is 4.80 Å². The zero-order valence-electron chi connectivity index (χ0n) is 19.1. The van der Waals surface area contributed by atoms with Crippen LogP contribution in [0, 0.1) is 6.92 Å². The minimum Gasteiger partial charge on any atom is -0.319 e. The topological polar surface area (TPSA) is 34.4 Å². The Balaban J connectivity index is 1.63. The highest BCUT2D eigenvalue weighted by molar-refractivity contribution is 7.13. The van der Waals surface area contributed by atoms with Gasteiger partial charge in [0.15, 0.2) is 4.80 Å². The number of thiazole rings is 1. The average molecular weight is 461 g/mol. The van der Waals surface area contributed by atoms with Crippen molar-refractivity contribution in [2.24, 2.45) is 12.0 Å². The molecule has 4 heteroatoms. The van der Waals surface area contributed by atoms with Gasteiger partial charge in [0.25, 0.3) is 5.91 Å². The fourth-order valence-electron chi connectivity index (χ4n) is 4.04. The summed E-state index contributed by atoms with van der Waals surface area (Å²) in [5.74, 6) is -0.230. The van der Waals surface area contributed by atoms with Gasteiger partial charge in [0.2, 0.25) is 0 Å². The highest BCUT2D eigenvalue weighted by Crippen LogP contribution is 2.35. The van der Waals surface area contributed by atoms with Gasteiger partial charge in [0.05, 0.1) is 10.6 Å². The zero-order valence-corrected chi connectivity index (χ0v) is 19.9. The molecule has 1 amide bonds. The molecule has 0 fully saturated rings. The molecule has 0 saturated heterocycles. The fourth-order valence-corrected chi connectivity index (χ4v) is 5.19. The third-order valence-corrected chi connectivity index (χ3v) is 6.98. The van der Waals surface area contributed by atoms with Crippen molar-refractivity contribution in [1.29, 1.82) is 0 Å². The van der Waals surface area contributed by atoms with Crippen molar-refractivity contribution in [3.05, 3.63) is 125 Å². The zero-order chi connectivity index (χ0) is 23.5. The molecule has 5 aromatic rings. The molecule has 0 bridgehead atoms. The maximum absolute atomic E-state index is 12.9. The van der Waals surface area contributed by atoms with Gasteiger partial charge in [0, 0.05) is 12.6 Å². The van der Waals surface area contributed by atoms with Gasteiger partial charge in [-0.25, -0.2) is 0 Å². The largest absolute Gasteiger partial charge is 0.319 e. The highest BCUT2D eigenvalue weighted by atomic mass is 32.1. The summed E-state index contributed by atoms with van der Waals surface area (Å²) in [4.78, 5) is 19.2. The molecule has 4 aromatic carbocycles. The summed E-state index contributed by atoms with van der Waals surface area (Å²) in [5.41, 5.74) is 7.24. The lowest BCUT2D eigenvalue weighted by atomic mass is 10.0. The van der Waals surface area contributed by atoms with E-state index in [0.717, 1.165) is 27.3 Å². The Morgan fingerprint density at radius 2 is 1.29 bits per heavy atom. The van der Waals surface area contributed by atoms with Crippen LogP contribution in [0.3, 0.4) is 0 Å². The third kappa shape index (κ3) is 4.41. The Hall–Kier alpha value is -4.02. The van der Waals surface area contributed by atoms with Crippen molar-refractivity contribution in [2.75, 3.05) is 0 Å².